The van der Waals surface area contributed by atoms with Crippen LogP contribution in [-0.4, -0.2) is 44.3 Å². The van der Waals surface area contributed by atoms with E-state index in [-0.39, 0.29) is 29.2 Å². The normalized spacial score (nSPS) is 18.7. The van der Waals surface area contributed by atoms with E-state index in [0.717, 1.165) is 0 Å². The van der Waals surface area contributed by atoms with Crippen molar-refractivity contribution in [2.75, 3.05) is 18.4 Å². The number of piperidine rings is 1. The van der Waals surface area contributed by atoms with Crippen LogP contribution in [0.2, 0.25) is 0 Å². The van der Waals surface area contributed by atoms with E-state index in [9.17, 15) is 18.0 Å². The average molecular weight is 337 g/mol. The van der Waals surface area contributed by atoms with Crippen molar-refractivity contribution in [2.24, 2.45) is 0 Å². The first kappa shape index (κ1) is 15.9. The zero-order chi connectivity index (χ0) is 16.6. The molecule has 3 rings (SSSR count). The number of anilines is 1. The van der Waals surface area contributed by atoms with E-state index < -0.39 is 10.0 Å². The number of amides is 2. The number of hydrogen-bond donors (Lipinski definition) is 2. The van der Waals surface area contributed by atoms with Crippen molar-refractivity contribution in [1.82, 2.24) is 9.62 Å². The van der Waals surface area contributed by atoms with Gasteiger partial charge in [-0.1, -0.05) is 0 Å². The van der Waals surface area contributed by atoms with E-state index in [1.54, 1.807) is 17.0 Å². The van der Waals surface area contributed by atoms with Crippen molar-refractivity contribution < 1.29 is 18.0 Å². The molecule has 23 heavy (non-hydrogen) atoms. The highest BCUT2D eigenvalue weighted by atomic mass is 32.2. The fourth-order valence-corrected chi connectivity index (χ4v) is 4.33. The summed E-state index contributed by atoms with van der Waals surface area (Å²) >= 11 is 0. The second-order valence-electron chi connectivity index (χ2n) is 5.95. The molecule has 0 bridgehead atoms. The minimum atomic E-state index is -3.63. The maximum absolute atomic E-state index is 12.5. The third kappa shape index (κ3) is 3.37. The first-order chi connectivity index (χ1) is 10.8. The maximum atomic E-state index is 12.5. The number of nitrogens with zero attached hydrogens (tertiary/aromatic N) is 1. The number of carbonyl (C=O) groups excluding carboxylic acids is 2. The molecule has 124 valence electrons. The van der Waals surface area contributed by atoms with Gasteiger partial charge in [-0.2, -0.15) is 0 Å². The highest BCUT2D eigenvalue weighted by molar-refractivity contribution is 7.89. The lowest BCUT2D eigenvalue weighted by Gasteiger charge is -2.31. The molecule has 2 N–H and O–H groups in total. The maximum Gasteiger partial charge on any atom is 0.240 e. The molecule has 0 spiro atoms. The van der Waals surface area contributed by atoms with Crippen LogP contribution >= 0.6 is 0 Å². The highest BCUT2D eigenvalue weighted by Crippen LogP contribution is 2.26. The molecule has 2 amide bonds. The quantitative estimate of drug-likeness (QED) is 0.838. The molecule has 1 saturated heterocycles. The molecule has 0 aliphatic carbocycles. The average Bonchev–Trinajstić information content (AvgIpc) is 2.86. The van der Waals surface area contributed by atoms with Crippen LogP contribution in [0.25, 0.3) is 0 Å². The Morgan fingerprint density at radius 2 is 2.00 bits per heavy atom. The molecule has 0 aromatic heterocycles. The van der Waals surface area contributed by atoms with Crippen molar-refractivity contribution >= 4 is 27.5 Å². The smallest absolute Gasteiger partial charge is 0.240 e. The molecule has 1 aromatic rings. The molecule has 2 aliphatic rings. The van der Waals surface area contributed by atoms with E-state index in [1.165, 1.54) is 13.0 Å². The Kier molecular flexibility index (Phi) is 4.11. The topological polar surface area (TPSA) is 95.6 Å². The number of hydrogen-bond acceptors (Lipinski definition) is 4. The lowest BCUT2D eigenvalue weighted by Crippen LogP contribution is -2.45. The molecule has 1 aromatic carbocycles. The van der Waals surface area contributed by atoms with Crippen molar-refractivity contribution in [3.63, 3.8) is 0 Å². The van der Waals surface area contributed by atoms with Crippen molar-refractivity contribution in [1.29, 1.82) is 0 Å². The third-order valence-corrected chi connectivity index (χ3v) is 5.79. The first-order valence-corrected chi connectivity index (χ1v) is 9.04. The van der Waals surface area contributed by atoms with Crippen LogP contribution in [0.5, 0.6) is 0 Å². The van der Waals surface area contributed by atoms with E-state index in [0.29, 0.717) is 37.2 Å². The lowest BCUT2D eigenvalue weighted by molar-refractivity contribution is -0.129. The highest BCUT2D eigenvalue weighted by Gasteiger charge is 2.27. The monoisotopic (exact) mass is 337 g/mol. The van der Waals surface area contributed by atoms with E-state index in [2.05, 4.69) is 10.0 Å². The summed E-state index contributed by atoms with van der Waals surface area (Å²) in [7, 11) is -3.63. The van der Waals surface area contributed by atoms with Crippen LogP contribution in [0, 0.1) is 0 Å². The van der Waals surface area contributed by atoms with Crippen LogP contribution < -0.4 is 10.0 Å². The first-order valence-electron chi connectivity index (χ1n) is 7.56. The standard InChI is InChI=1S/C15H19N3O4S/c1-10(19)18-6-4-12(5-7-18)17-23(21,22)13-2-3-14-11(8-13)9-15(20)16-14/h2-3,8,12,17H,4-7,9H2,1H3,(H,16,20). The summed E-state index contributed by atoms with van der Waals surface area (Å²) in [5.74, 6) is -0.110. The Labute approximate surface area is 135 Å². The Morgan fingerprint density at radius 3 is 2.65 bits per heavy atom. The summed E-state index contributed by atoms with van der Waals surface area (Å²) in [5, 5.41) is 2.68. The summed E-state index contributed by atoms with van der Waals surface area (Å²) in [6.45, 7) is 2.64. The molecule has 2 aliphatic heterocycles. The third-order valence-electron chi connectivity index (χ3n) is 4.27. The minimum absolute atomic E-state index is 0.0158. The van der Waals surface area contributed by atoms with Gasteiger partial charge >= 0.3 is 0 Å². The fraction of sp³-hybridized carbons (Fsp3) is 0.467. The zero-order valence-electron chi connectivity index (χ0n) is 12.8. The lowest BCUT2D eigenvalue weighted by atomic mass is 10.1. The van der Waals surface area contributed by atoms with Gasteiger partial charge in [0.05, 0.1) is 11.3 Å². The molecular formula is C15H19N3O4S. The van der Waals surface area contributed by atoms with Crippen LogP contribution in [0.1, 0.15) is 25.3 Å². The van der Waals surface area contributed by atoms with Gasteiger partial charge in [0, 0.05) is 31.7 Å². The molecule has 7 nitrogen and oxygen atoms in total. The van der Waals surface area contributed by atoms with Gasteiger partial charge in [-0.25, -0.2) is 13.1 Å². The van der Waals surface area contributed by atoms with Crippen LogP contribution in [-0.2, 0) is 26.0 Å². The number of benzene rings is 1. The number of rotatable bonds is 3. The molecule has 8 heteroatoms. The van der Waals surface area contributed by atoms with Gasteiger partial charge in [0.2, 0.25) is 21.8 Å². The number of fused-ring (bicyclic) bond motifs is 1. The van der Waals surface area contributed by atoms with E-state index in [4.69, 9.17) is 0 Å². The summed E-state index contributed by atoms with van der Waals surface area (Å²) in [6.07, 6.45) is 1.41. The summed E-state index contributed by atoms with van der Waals surface area (Å²) in [5.41, 5.74) is 1.37. The number of carbonyl (C=O) groups is 2. The van der Waals surface area contributed by atoms with Gasteiger partial charge in [-0.3, -0.25) is 9.59 Å². The Morgan fingerprint density at radius 1 is 1.30 bits per heavy atom. The van der Waals surface area contributed by atoms with Gasteiger partial charge in [-0.05, 0) is 36.6 Å². The molecular weight excluding hydrogens is 318 g/mol. The van der Waals surface area contributed by atoms with Gasteiger partial charge in [0.25, 0.3) is 0 Å². The SMILES string of the molecule is CC(=O)N1CCC(NS(=O)(=O)c2ccc3c(c2)CC(=O)N3)CC1. The Balaban J connectivity index is 1.70. The predicted octanol–water partition coefficient (Wildman–Crippen LogP) is 0.470. The Hall–Kier alpha value is -1.93. The van der Waals surface area contributed by atoms with Crippen molar-refractivity contribution in [2.45, 2.75) is 37.1 Å². The van der Waals surface area contributed by atoms with Crippen LogP contribution in [0.4, 0.5) is 5.69 Å². The zero-order valence-corrected chi connectivity index (χ0v) is 13.6. The Bertz CT molecular complexity index is 752. The predicted molar refractivity (Wildman–Crippen MR) is 84.4 cm³/mol. The van der Waals surface area contributed by atoms with Crippen LogP contribution in [0.3, 0.4) is 0 Å². The number of nitrogens with one attached hydrogen (secondary N) is 2. The van der Waals surface area contributed by atoms with Crippen LogP contribution in [0.15, 0.2) is 23.1 Å². The summed E-state index contributed by atoms with van der Waals surface area (Å²) in [4.78, 5) is 24.5. The molecule has 0 saturated carbocycles. The van der Waals surface area contributed by atoms with Crippen molar-refractivity contribution in [3.05, 3.63) is 23.8 Å². The summed E-state index contributed by atoms with van der Waals surface area (Å²) < 4.78 is 27.7. The van der Waals surface area contributed by atoms with E-state index in [1.807, 2.05) is 0 Å². The molecule has 0 radical (unpaired) electrons. The number of sulfonamides is 1. The second kappa shape index (κ2) is 5.93. The van der Waals surface area contributed by atoms with Gasteiger partial charge in [0.1, 0.15) is 0 Å². The van der Waals surface area contributed by atoms with Crippen molar-refractivity contribution in [3.8, 4) is 0 Å². The molecule has 0 unspecified atom stereocenters. The largest absolute Gasteiger partial charge is 0.343 e. The van der Waals surface area contributed by atoms with E-state index >= 15 is 0 Å². The number of likely N-dealkylation sites (tertiary alicyclic amines) is 1. The molecule has 0 atom stereocenters. The minimum Gasteiger partial charge on any atom is -0.343 e. The van der Waals surface area contributed by atoms with Gasteiger partial charge < -0.3 is 10.2 Å². The molecule has 2 heterocycles. The fourth-order valence-electron chi connectivity index (χ4n) is 2.97. The van der Waals surface area contributed by atoms with Gasteiger partial charge in [-0.15, -0.1) is 0 Å². The molecule has 1 fully saturated rings. The summed E-state index contributed by atoms with van der Waals surface area (Å²) in [6, 6.07) is 4.48. The second-order valence-corrected chi connectivity index (χ2v) is 7.66. The van der Waals surface area contributed by atoms with Gasteiger partial charge in [0.15, 0.2) is 0 Å².